The van der Waals surface area contributed by atoms with E-state index in [1.54, 1.807) is 0 Å². The van der Waals surface area contributed by atoms with E-state index in [1.807, 2.05) is 0 Å². The van der Waals surface area contributed by atoms with Crippen molar-refractivity contribution in [3.05, 3.63) is 0 Å². The predicted molar refractivity (Wildman–Crippen MR) is 289 cm³/mol. The Morgan fingerprint density at radius 2 is 0.567 bits per heavy atom. The van der Waals surface area contributed by atoms with Gasteiger partial charge in [-0.05, 0) is 31.1 Å². The molecule has 0 fully saturated rings. The largest absolute Gasteiger partial charge is 0.462 e. The van der Waals surface area contributed by atoms with Crippen LogP contribution in [0.5, 0.6) is 0 Å². The molecule has 0 aromatic carbocycles. The molecule has 0 aliphatic rings. The van der Waals surface area contributed by atoms with E-state index in [9.17, 15) is 14.4 Å². The van der Waals surface area contributed by atoms with Crippen molar-refractivity contribution in [1.29, 1.82) is 0 Å². The van der Waals surface area contributed by atoms with Gasteiger partial charge in [0.25, 0.3) is 0 Å². The molecule has 0 aliphatic carbocycles. The molecule has 0 bridgehead atoms. The SMILES string of the molecule is CCCCCCCCCCCCCC(=O)OC[C@@H](COC(=O)CCCCCCCCCCCCCCCCCCCCC(C)CC)OC(=O)CCCCCCCCCCCCCCCC(C)C. The molecule has 67 heavy (non-hydrogen) atoms. The van der Waals surface area contributed by atoms with Gasteiger partial charge in [0, 0.05) is 19.3 Å². The van der Waals surface area contributed by atoms with E-state index in [4.69, 9.17) is 14.2 Å². The third kappa shape index (κ3) is 53.6. The first-order chi connectivity index (χ1) is 32.8. The molecular formula is C61H118O6. The van der Waals surface area contributed by atoms with Crippen LogP contribution in [0.4, 0.5) is 0 Å². The van der Waals surface area contributed by atoms with Crippen molar-refractivity contribution in [1.82, 2.24) is 0 Å². The second kappa shape index (κ2) is 53.8. The lowest BCUT2D eigenvalue weighted by atomic mass is 9.99. The summed E-state index contributed by atoms with van der Waals surface area (Å²) in [7, 11) is 0. The van der Waals surface area contributed by atoms with Crippen molar-refractivity contribution in [3.63, 3.8) is 0 Å². The fourth-order valence-electron chi connectivity index (χ4n) is 9.37. The predicted octanol–water partition coefficient (Wildman–Crippen LogP) is 20.0. The molecule has 0 N–H and O–H groups in total. The topological polar surface area (TPSA) is 78.9 Å². The van der Waals surface area contributed by atoms with Gasteiger partial charge in [0.1, 0.15) is 13.2 Å². The molecule has 2 atom stereocenters. The average molecular weight is 948 g/mol. The van der Waals surface area contributed by atoms with E-state index in [-0.39, 0.29) is 31.1 Å². The summed E-state index contributed by atoms with van der Waals surface area (Å²) in [5.74, 6) is 0.911. The zero-order valence-corrected chi connectivity index (χ0v) is 46.0. The van der Waals surface area contributed by atoms with Crippen LogP contribution < -0.4 is 0 Å². The maximum Gasteiger partial charge on any atom is 0.306 e. The highest BCUT2D eigenvalue weighted by atomic mass is 16.6. The van der Waals surface area contributed by atoms with Gasteiger partial charge in [0.15, 0.2) is 6.10 Å². The molecule has 6 nitrogen and oxygen atoms in total. The molecule has 0 amide bonds. The van der Waals surface area contributed by atoms with E-state index in [2.05, 4.69) is 34.6 Å². The minimum Gasteiger partial charge on any atom is -0.462 e. The highest BCUT2D eigenvalue weighted by Gasteiger charge is 2.19. The molecule has 0 rings (SSSR count). The summed E-state index contributed by atoms with van der Waals surface area (Å²) in [5.41, 5.74) is 0. The number of hydrogen-bond acceptors (Lipinski definition) is 6. The van der Waals surface area contributed by atoms with Crippen LogP contribution in [0.1, 0.15) is 343 Å². The van der Waals surface area contributed by atoms with Gasteiger partial charge < -0.3 is 14.2 Å². The smallest absolute Gasteiger partial charge is 0.306 e. The first-order valence-corrected chi connectivity index (χ1v) is 30.3. The van der Waals surface area contributed by atoms with Crippen LogP contribution in [-0.4, -0.2) is 37.2 Å². The second-order valence-corrected chi connectivity index (χ2v) is 21.7. The third-order valence-corrected chi connectivity index (χ3v) is 14.3. The molecule has 398 valence electrons. The van der Waals surface area contributed by atoms with Gasteiger partial charge in [-0.2, -0.15) is 0 Å². The lowest BCUT2D eigenvalue weighted by Crippen LogP contribution is -2.30. The van der Waals surface area contributed by atoms with Crippen molar-refractivity contribution in [2.24, 2.45) is 11.8 Å². The lowest BCUT2D eigenvalue weighted by Gasteiger charge is -2.18. The summed E-state index contributed by atoms with van der Waals surface area (Å²) in [4.78, 5) is 38.1. The maximum atomic E-state index is 12.9. The summed E-state index contributed by atoms with van der Waals surface area (Å²) in [6.07, 6.45) is 58.1. The Hall–Kier alpha value is -1.59. The minimum atomic E-state index is -0.762. The van der Waals surface area contributed by atoms with Crippen molar-refractivity contribution >= 4 is 17.9 Å². The van der Waals surface area contributed by atoms with E-state index in [0.717, 1.165) is 69.6 Å². The fraction of sp³-hybridized carbons (Fsp3) is 0.951. The molecule has 0 saturated heterocycles. The van der Waals surface area contributed by atoms with Gasteiger partial charge in [0.05, 0.1) is 0 Å². The van der Waals surface area contributed by atoms with Crippen molar-refractivity contribution in [2.45, 2.75) is 349 Å². The van der Waals surface area contributed by atoms with Crippen molar-refractivity contribution < 1.29 is 28.6 Å². The van der Waals surface area contributed by atoms with Crippen LogP contribution in [0, 0.1) is 11.8 Å². The summed E-state index contributed by atoms with van der Waals surface area (Å²) in [5, 5.41) is 0. The highest BCUT2D eigenvalue weighted by Crippen LogP contribution is 2.19. The minimum absolute atomic E-state index is 0.0623. The van der Waals surface area contributed by atoms with Gasteiger partial charge in [-0.15, -0.1) is 0 Å². The molecule has 1 unspecified atom stereocenters. The van der Waals surface area contributed by atoms with Gasteiger partial charge >= 0.3 is 17.9 Å². The summed E-state index contributed by atoms with van der Waals surface area (Å²) < 4.78 is 16.9. The molecule has 0 saturated carbocycles. The number of carbonyl (C=O) groups is 3. The van der Waals surface area contributed by atoms with Gasteiger partial charge in [-0.25, -0.2) is 0 Å². The second-order valence-electron chi connectivity index (χ2n) is 21.7. The van der Waals surface area contributed by atoms with Crippen LogP contribution in [0.15, 0.2) is 0 Å². The molecule has 6 heteroatoms. The van der Waals surface area contributed by atoms with E-state index in [1.165, 1.54) is 231 Å². The van der Waals surface area contributed by atoms with E-state index >= 15 is 0 Å². The Labute approximate surface area is 418 Å². The Kier molecular flexibility index (Phi) is 52.5. The van der Waals surface area contributed by atoms with E-state index in [0.29, 0.717) is 19.3 Å². The summed E-state index contributed by atoms with van der Waals surface area (Å²) >= 11 is 0. The summed E-state index contributed by atoms with van der Waals surface area (Å²) in [6, 6.07) is 0. The fourth-order valence-corrected chi connectivity index (χ4v) is 9.37. The summed E-state index contributed by atoms with van der Waals surface area (Å²) in [6.45, 7) is 11.5. The van der Waals surface area contributed by atoms with E-state index < -0.39 is 6.10 Å². The third-order valence-electron chi connectivity index (χ3n) is 14.3. The molecule has 0 heterocycles. The van der Waals surface area contributed by atoms with Crippen molar-refractivity contribution in [2.75, 3.05) is 13.2 Å². The molecule has 0 aliphatic heterocycles. The first kappa shape index (κ1) is 65.4. The van der Waals surface area contributed by atoms with Crippen LogP contribution in [0.25, 0.3) is 0 Å². The number of carbonyl (C=O) groups excluding carboxylic acids is 3. The van der Waals surface area contributed by atoms with Gasteiger partial charge in [-0.3, -0.25) is 14.4 Å². The number of unbranched alkanes of at least 4 members (excludes halogenated alkanes) is 39. The van der Waals surface area contributed by atoms with Crippen LogP contribution >= 0.6 is 0 Å². The Morgan fingerprint density at radius 1 is 0.313 bits per heavy atom. The molecule has 0 aromatic heterocycles. The molecule has 0 spiro atoms. The van der Waals surface area contributed by atoms with Crippen molar-refractivity contribution in [3.8, 4) is 0 Å². The monoisotopic (exact) mass is 947 g/mol. The molecular weight excluding hydrogens is 829 g/mol. The normalized spacial score (nSPS) is 12.4. The average Bonchev–Trinajstić information content (AvgIpc) is 3.31. The van der Waals surface area contributed by atoms with Crippen LogP contribution in [0.2, 0.25) is 0 Å². The first-order valence-electron chi connectivity index (χ1n) is 30.3. The molecule has 0 aromatic rings. The Morgan fingerprint density at radius 3 is 0.851 bits per heavy atom. The van der Waals surface area contributed by atoms with Crippen LogP contribution in [-0.2, 0) is 28.6 Å². The number of esters is 3. The number of rotatable bonds is 55. The zero-order chi connectivity index (χ0) is 48.9. The number of ether oxygens (including phenoxy) is 3. The van der Waals surface area contributed by atoms with Crippen LogP contribution in [0.3, 0.4) is 0 Å². The maximum absolute atomic E-state index is 12.9. The van der Waals surface area contributed by atoms with Gasteiger partial charge in [0.2, 0.25) is 0 Å². The zero-order valence-electron chi connectivity index (χ0n) is 46.0. The quantitative estimate of drug-likeness (QED) is 0.0343. The number of hydrogen-bond donors (Lipinski definition) is 0. The standard InChI is InChI=1S/C61H118O6/c1-6-8-9-10-11-12-24-31-36-41-46-51-59(62)65-54-58(67-61(64)53-48-43-38-33-28-23-19-20-25-29-34-39-44-49-56(3)4)55-66-60(63)52-47-42-37-32-27-22-18-16-14-13-15-17-21-26-30-35-40-45-50-57(5)7-2/h56-58H,6-55H2,1-5H3/t57?,58-/m0/s1. The lowest BCUT2D eigenvalue weighted by molar-refractivity contribution is -0.167. The molecule has 0 radical (unpaired) electrons. The highest BCUT2D eigenvalue weighted by molar-refractivity contribution is 5.71. The van der Waals surface area contributed by atoms with Gasteiger partial charge in [-0.1, -0.05) is 304 Å². The Bertz CT molecular complexity index is 1030. The Balaban J connectivity index is 4.21.